The van der Waals surface area contributed by atoms with E-state index >= 15 is 0 Å². The first kappa shape index (κ1) is 26.0. The molecule has 1 heterocycles. The zero-order valence-electron chi connectivity index (χ0n) is 20.5. The Balaban J connectivity index is 1.38. The van der Waals surface area contributed by atoms with Crippen LogP contribution in [-0.4, -0.2) is 19.3 Å². The Morgan fingerprint density at radius 2 is 1.56 bits per heavy atom. The molecule has 6 heteroatoms. The van der Waals surface area contributed by atoms with Gasteiger partial charge in [-0.3, -0.25) is 0 Å². The highest BCUT2D eigenvalue weighted by molar-refractivity contribution is 5.66. The summed E-state index contributed by atoms with van der Waals surface area (Å²) in [6.07, 6.45) is 6.66. The van der Waals surface area contributed by atoms with Gasteiger partial charge >= 0.3 is 0 Å². The number of hydrogen-bond donors (Lipinski definition) is 0. The largest absolute Gasteiger partial charge is 0.491 e. The number of ether oxygens (including phenoxy) is 2. The van der Waals surface area contributed by atoms with Crippen LogP contribution in [0.15, 0.2) is 54.6 Å². The lowest BCUT2D eigenvalue weighted by molar-refractivity contribution is -0.000667. The maximum Gasteiger partial charge on any atom is 0.201 e. The lowest BCUT2D eigenvalue weighted by Gasteiger charge is -2.29. The van der Waals surface area contributed by atoms with Crippen LogP contribution in [0.3, 0.4) is 0 Å². The lowest BCUT2D eigenvalue weighted by Crippen LogP contribution is -2.25. The fraction of sp³-hybridized carbons (Fsp3) is 0.333. The van der Waals surface area contributed by atoms with Crippen LogP contribution in [0.25, 0.3) is 17.2 Å². The molecule has 2 unspecified atom stereocenters. The fourth-order valence-corrected chi connectivity index (χ4v) is 4.68. The van der Waals surface area contributed by atoms with Gasteiger partial charge in [0.2, 0.25) is 5.82 Å². The molecule has 3 aromatic rings. The molecule has 1 aliphatic heterocycles. The normalized spacial score (nSPS) is 18.1. The van der Waals surface area contributed by atoms with Gasteiger partial charge in [-0.1, -0.05) is 48.6 Å². The number of halogens is 4. The molecule has 0 bridgehead atoms. The molecule has 0 saturated carbocycles. The SMILES string of the molecule is C/C=C/c1ccc(C2CCC(CCc3ccc(-c4ccc(OCC)c(F)c4F)c(F)c3F)OC2)cc1. The van der Waals surface area contributed by atoms with E-state index in [2.05, 4.69) is 30.3 Å². The first-order chi connectivity index (χ1) is 17.4. The molecule has 36 heavy (non-hydrogen) atoms. The molecule has 0 N–H and O–H groups in total. The molecule has 3 aromatic carbocycles. The average Bonchev–Trinajstić information content (AvgIpc) is 2.89. The highest BCUT2D eigenvalue weighted by atomic mass is 19.2. The van der Waals surface area contributed by atoms with Crippen molar-refractivity contribution in [2.24, 2.45) is 0 Å². The molecule has 0 spiro atoms. The van der Waals surface area contributed by atoms with E-state index in [0.717, 1.165) is 18.4 Å². The molecule has 190 valence electrons. The summed E-state index contributed by atoms with van der Waals surface area (Å²) in [7, 11) is 0. The third-order valence-electron chi connectivity index (χ3n) is 6.67. The monoisotopic (exact) mass is 498 g/mol. The lowest BCUT2D eigenvalue weighted by atomic mass is 9.89. The predicted octanol–water partition coefficient (Wildman–Crippen LogP) is 8.24. The Bertz CT molecular complexity index is 1210. The summed E-state index contributed by atoms with van der Waals surface area (Å²) >= 11 is 0. The first-order valence-corrected chi connectivity index (χ1v) is 12.3. The summed E-state index contributed by atoms with van der Waals surface area (Å²) in [6, 6.07) is 13.6. The van der Waals surface area contributed by atoms with E-state index in [-0.39, 0.29) is 41.6 Å². The number of hydrogen-bond acceptors (Lipinski definition) is 2. The van der Waals surface area contributed by atoms with Crippen LogP contribution in [0.4, 0.5) is 17.6 Å². The van der Waals surface area contributed by atoms with Gasteiger partial charge in [-0.2, -0.15) is 4.39 Å². The van der Waals surface area contributed by atoms with Gasteiger partial charge in [-0.05, 0) is 68.4 Å². The number of allylic oxidation sites excluding steroid dienone is 1. The van der Waals surface area contributed by atoms with Crippen molar-refractivity contribution in [2.45, 2.75) is 51.6 Å². The van der Waals surface area contributed by atoms with Crippen LogP contribution in [-0.2, 0) is 11.2 Å². The molecule has 4 rings (SSSR count). The van der Waals surface area contributed by atoms with Crippen molar-refractivity contribution in [3.8, 4) is 16.9 Å². The van der Waals surface area contributed by atoms with Crippen LogP contribution < -0.4 is 4.74 Å². The van der Waals surface area contributed by atoms with Crippen molar-refractivity contribution < 1.29 is 27.0 Å². The van der Waals surface area contributed by atoms with Crippen molar-refractivity contribution in [1.82, 2.24) is 0 Å². The standard InChI is InChI=1S/C30H30F4O2/c1-3-5-19-6-8-20(9-7-19)22-11-14-23(36-18-22)13-10-21-12-15-24(28(32)27(21)31)25-16-17-26(35-4-2)30(34)29(25)33/h3,5-9,12,15-17,22-23H,4,10-11,13-14,18H2,1-2H3/b5-3+. The van der Waals surface area contributed by atoms with Crippen molar-refractivity contribution >= 4 is 6.08 Å². The van der Waals surface area contributed by atoms with Gasteiger partial charge in [0.25, 0.3) is 0 Å². The van der Waals surface area contributed by atoms with Crippen molar-refractivity contribution in [1.29, 1.82) is 0 Å². The van der Waals surface area contributed by atoms with Gasteiger partial charge < -0.3 is 9.47 Å². The molecule has 2 atom stereocenters. The van der Waals surface area contributed by atoms with E-state index in [9.17, 15) is 17.6 Å². The Kier molecular flexibility index (Phi) is 8.47. The summed E-state index contributed by atoms with van der Waals surface area (Å²) in [5.74, 6) is -4.68. The Hall–Kier alpha value is -3.12. The maximum atomic E-state index is 14.9. The minimum absolute atomic E-state index is 0.0386. The quantitative estimate of drug-likeness (QED) is 0.291. The molecule has 0 amide bonds. The summed E-state index contributed by atoms with van der Waals surface area (Å²) in [6.45, 7) is 4.37. The zero-order valence-corrected chi connectivity index (χ0v) is 20.5. The van der Waals surface area contributed by atoms with Crippen LogP contribution in [0.1, 0.15) is 55.7 Å². The second-order valence-electron chi connectivity index (χ2n) is 9.01. The van der Waals surface area contributed by atoms with Crippen molar-refractivity contribution in [2.75, 3.05) is 13.2 Å². The summed E-state index contributed by atoms with van der Waals surface area (Å²) in [5, 5.41) is 0. The van der Waals surface area contributed by atoms with Crippen LogP contribution in [0.2, 0.25) is 0 Å². The van der Waals surface area contributed by atoms with Crippen molar-refractivity contribution in [3.63, 3.8) is 0 Å². The highest BCUT2D eigenvalue weighted by Crippen LogP contribution is 2.34. The second-order valence-corrected chi connectivity index (χ2v) is 9.01. The molecule has 1 saturated heterocycles. The van der Waals surface area contributed by atoms with Crippen LogP contribution in [0, 0.1) is 23.3 Å². The van der Waals surface area contributed by atoms with E-state index in [1.165, 1.54) is 29.8 Å². The number of benzene rings is 3. The molecule has 1 aliphatic rings. The molecular weight excluding hydrogens is 468 g/mol. The van der Waals surface area contributed by atoms with E-state index in [0.29, 0.717) is 18.9 Å². The van der Waals surface area contributed by atoms with E-state index in [4.69, 9.17) is 9.47 Å². The van der Waals surface area contributed by atoms with Gasteiger partial charge in [0.15, 0.2) is 23.2 Å². The minimum atomic E-state index is -1.27. The molecule has 0 aliphatic carbocycles. The molecular formula is C30H30F4O2. The van der Waals surface area contributed by atoms with Gasteiger partial charge in [-0.15, -0.1) is 0 Å². The van der Waals surface area contributed by atoms with Gasteiger partial charge in [0.1, 0.15) is 0 Å². The minimum Gasteiger partial charge on any atom is -0.491 e. The molecule has 0 aromatic heterocycles. The van der Waals surface area contributed by atoms with E-state index in [1.54, 1.807) is 6.92 Å². The van der Waals surface area contributed by atoms with Crippen molar-refractivity contribution in [3.05, 3.63) is 94.6 Å². The average molecular weight is 499 g/mol. The van der Waals surface area contributed by atoms with Gasteiger partial charge in [0.05, 0.1) is 19.3 Å². The number of rotatable bonds is 8. The molecule has 2 nitrogen and oxygen atoms in total. The molecule has 1 fully saturated rings. The fourth-order valence-electron chi connectivity index (χ4n) is 4.68. The third kappa shape index (κ3) is 5.65. The zero-order chi connectivity index (χ0) is 25.7. The first-order valence-electron chi connectivity index (χ1n) is 12.3. The van der Waals surface area contributed by atoms with Crippen LogP contribution >= 0.6 is 0 Å². The summed E-state index contributed by atoms with van der Waals surface area (Å²) < 4.78 is 69.5. The smallest absolute Gasteiger partial charge is 0.201 e. The second kappa shape index (κ2) is 11.7. The van der Waals surface area contributed by atoms with E-state index in [1.807, 2.05) is 13.0 Å². The topological polar surface area (TPSA) is 18.5 Å². The van der Waals surface area contributed by atoms with Crippen LogP contribution in [0.5, 0.6) is 5.75 Å². The van der Waals surface area contributed by atoms with Gasteiger partial charge in [-0.25, -0.2) is 13.2 Å². The predicted molar refractivity (Wildman–Crippen MR) is 134 cm³/mol. The Labute approximate surface area is 209 Å². The highest BCUT2D eigenvalue weighted by Gasteiger charge is 2.25. The summed E-state index contributed by atoms with van der Waals surface area (Å²) in [4.78, 5) is 0. The Morgan fingerprint density at radius 3 is 2.19 bits per heavy atom. The third-order valence-corrected chi connectivity index (χ3v) is 6.67. The number of aryl methyl sites for hydroxylation is 1. The summed E-state index contributed by atoms with van der Waals surface area (Å²) in [5.41, 5.74) is 1.91. The maximum absolute atomic E-state index is 14.9. The molecule has 0 radical (unpaired) electrons. The Morgan fingerprint density at radius 1 is 0.861 bits per heavy atom. The van der Waals surface area contributed by atoms with E-state index < -0.39 is 23.3 Å². The van der Waals surface area contributed by atoms with Gasteiger partial charge in [0, 0.05) is 17.0 Å².